The summed E-state index contributed by atoms with van der Waals surface area (Å²) in [5.41, 5.74) is -0.150. The quantitative estimate of drug-likeness (QED) is 0.323. The molecular weight excluding hydrogens is 414 g/mol. The summed E-state index contributed by atoms with van der Waals surface area (Å²) in [4.78, 5) is 54.2. The van der Waals surface area contributed by atoms with E-state index in [1.54, 1.807) is 32.0 Å². The van der Waals surface area contributed by atoms with Crippen molar-refractivity contribution in [3.63, 3.8) is 0 Å². The third-order valence-electron chi connectivity index (χ3n) is 4.62. The second-order valence-corrected chi connectivity index (χ2v) is 6.77. The van der Waals surface area contributed by atoms with Crippen LogP contribution in [0.4, 0.5) is 0 Å². The lowest BCUT2D eigenvalue weighted by Gasteiger charge is -2.11. The first-order valence-corrected chi connectivity index (χ1v) is 9.99. The van der Waals surface area contributed by atoms with Crippen molar-refractivity contribution in [2.75, 3.05) is 13.2 Å². The smallest absolute Gasteiger partial charge is 0.341 e. The van der Waals surface area contributed by atoms with Gasteiger partial charge in [-0.15, -0.1) is 0 Å². The molecule has 0 radical (unpaired) electrons. The summed E-state index contributed by atoms with van der Waals surface area (Å²) < 4.78 is 9.82. The summed E-state index contributed by atoms with van der Waals surface area (Å²) in [5.74, 6) is -3.71. The summed E-state index contributed by atoms with van der Waals surface area (Å²) >= 11 is 0. The Kier molecular flexibility index (Phi) is 6.94. The highest BCUT2D eigenvalue weighted by atomic mass is 16.5. The molecular formula is C24H21NO7. The van der Waals surface area contributed by atoms with Crippen LogP contribution in [-0.4, -0.2) is 46.8 Å². The van der Waals surface area contributed by atoms with E-state index in [0.29, 0.717) is 5.52 Å². The molecule has 8 nitrogen and oxygen atoms in total. The number of hydrogen-bond donors (Lipinski definition) is 1. The predicted octanol–water partition coefficient (Wildman–Crippen LogP) is 3.75. The fourth-order valence-electron chi connectivity index (χ4n) is 3.10. The molecule has 0 spiro atoms. The summed E-state index contributed by atoms with van der Waals surface area (Å²) in [7, 11) is 0. The fourth-order valence-corrected chi connectivity index (χ4v) is 3.10. The Balaban J connectivity index is 1.95. The Morgan fingerprint density at radius 1 is 0.844 bits per heavy atom. The molecule has 1 heterocycles. The number of para-hydroxylation sites is 1. The van der Waals surface area contributed by atoms with Gasteiger partial charge in [-0.3, -0.25) is 9.59 Å². The van der Waals surface area contributed by atoms with Crippen LogP contribution in [0.5, 0.6) is 5.75 Å². The van der Waals surface area contributed by atoms with Crippen molar-refractivity contribution in [1.29, 1.82) is 0 Å². The number of aromatic nitrogens is 1. The van der Waals surface area contributed by atoms with Crippen molar-refractivity contribution in [3.05, 3.63) is 70.9 Å². The number of fused-ring (bicyclic) bond motifs is 1. The number of ketones is 2. The molecule has 3 aromatic rings. The first kappa shape index (κ1) is 22.6. The van der Waals surface area contributed by atoms with Crippen molar-refractivity contribution in [1.82, 2.24) is 4.98 Å². The van der Waals surface area contributed by atoms with Crippen molar-refractivity contribution < 1.29 is 33.8 Å². The SMILES string of the molecule is CCOC(=O)c1cc(C(=O)CC(=O)c2ccc3ccccc3n2)c(O)c(C(=O)OCC)c1. The maximum atomic E-state index is 12.9. The zero-order chi connectivity index (χ0) is 23.3. The average Bonchev–Trinajstić information content (AvgIpc) is 2.79. The van der Waals surface area contributed by atoms with Gasteiger partial charge in [0.2, 0.25) is 0 Å². The maximum Gasteiger partial charge on any atom is 0.341 e. The lowest BCUT2D eigenvalue weighted by molar-refractivity contribution is 0.0522. The van der Waals surface area contributed by atoms with E-state index in [0.717, 1.165) is 17.5 Å². The van der Waals surface area contributed by atoms with Gasteiger partial charge in [-0.1, -0.05) is 24.3 Å². The van der Waals surface area contributed by atoms with E-state index in [-0.39, 0.29) is 35.6 Å². The molecule has 2 aromatic carbocycles. The molecule has 32 heavy (non-hydrogen) atoms. The van der Waals surface area contributed by atoms with Crippen LogP contribution >= 0.6 is 0 Å². The first-order valence-electron chi connectivity index (χ1n) is 9.99. The van der Waals surface area contributed by atoms with E-state index >= 15 is 0 Å². The largest absolute Gasteiger partial charge is 0.506 e. The number of carbonyl (C=O) groups is 4. The zero-order valence-corrected chi connectivity index (χ0v) is 17.6. The zero-order valence-electron chi connectivity index (χ0n) is 17.6. The van der Waals surface area contributed by atoms with E-state index in [4.69, 9.17) is 9.47 Å². The van der Waals surface area contributed by atoms with E-state index < -0.39 is 35.7 Å². The van der Waals surface area contributed by atoms with Crippen molar-refractivity contribution in [3.8, 4) is 5.75 Å². The minimum Gasteiger partial charge on any atom is -0.506 e. The number of ether oxygens (including phenoxy) is 2. The second kappa shape index (κ2) is 9.82. The third-order valence-corrected chi connectivity index (χ3v) is 4.62. The Hall–Kier alpha value is -4.07. The summed E-state index contributed by atoms with van der Waals surface area (Å²) in [6, 6.07) is 12.6. The Morgan fingerprint density at radius 3 is 2.22 bits per heavy atom. The van der Waals surface area contributed by atoms with Gasteiger partial charge < -0.3 is 14.6 Å². The molecule has 3 rings (SSSR count). The number of hydrogen-bond acceptors (Lipinski definition) is 8. The van der Waals surface area contributed by atoms with E-state index in [9.17, 15) is 24.3 Å². The third kappa shape index (κ3) is 4.80. The molecule has 0 saturated heterocycles. The van der Waals surface area contributed by atoms with Crippen molar-refractivity contribution in [2.45, 2.75) is 20.3 Å². The molecule has 0 atom stereocenters. The van der Waals surface area contributed by atoms with Crippen LogP contribution < -0.4 is 0 Å². The Bertz CT molecular complexity index is 1220. The van der Waals surface area contributed by atoms with E-state index in [1.165, 1.54) is 6.07 Å². The standard InChI is InChI=1S/C24H21NO7/c1-3-31-23(29)15-11-16(22(28)17(12-15)24(30)32-4-2)20(26)13-21(27)19-10-9-14-7-5-6-8-18(14)25-19/h5-12,28H,3-4,13H2,1-2H3. The topological polar surface area (TPSA) is 120 Å². The first-order chi connectivity index (χ1) is 15.3. The Morgan fingerprint density at radius 2 is 1.50 bits per heavy atom. The highest BCUT2D eigenvalue weighted by Crippen LogP contribution is 2.28. The summed E-state index contributed by atoms with van der Waals surface area (Å²) in [6.07, 6.45) is -0.618. The molecule has 1 aromatic heterocycles. The minimum atomic E-state index is -0.910. The number of pyridine rings is 1. The number of phenolic OH excluding ortho intramolecular Hbond substituents is 1. The minimum absolute atomic E-state index is 0.0251. The summed E-state index contributed by atoms with van der Waals surface area (Å²) in [5, 5.41) is 11.4. The fraction of sp³-hybridized carbons (Fsp3) is 0.208. The molecule has 0 aliphatic carbocycles. The van der Waals surface area contributed by atoms with E-state index in [1.807, 2.05) is 12.1 Å². The molecule has 0 unspecified atom stereocenters. The normalized spacial score (nSPS) is 10.6. The second-order valence-electron chi connectivity index (χ2n) is 6.77. The van der Waals surface area contributed by atoms with Gasteiger partial charge in [0.1, 0.15) is 17.0 Å². The predicted molar refractivity (Wildman–Crippen MR) is 115 cm³/mol. The van der Waals surface area contributed by atoms with Crippen LogP contribution in [0.25, 0.3) is 10.9 Å². The maximum absolute atomic E-state index is 12.9. The van der Waals surface area contributed by atoms with Gasteiger partial charge in [0.05, 0.1) is 36.3 Å². The number of aromatic hydroxyl groups is 1. The van der Waals surface area contributed by atoms with Gasteiger partial charge in [-0.25, -0.2) is 14.6 Å². The van der Waals surface area contributed by atoms with Crippen molar-refractivity contribution >= 4 is 34.4 Å². The molecule has 0 aliphatic heterocycles. The number of rotatable bonds is 8. The van der Waals surface area contributed by atoms with E-state index in [2.05, 4.69) is 4.98 Å². The van der Waals surface area contributed by atoms with Gasteiger partial charge in [-0.05, 0) is 38.1 Å². The molecule has 0 saturated carbocycles. The highest BCUT2D eigenvalue weighted by molar-refractivity contribution is 6.16. The molecule has 8 heteroatoms. The number of nitrogens with zero attached hydrogens (tertiary/aromatic N) is 1. The molecule has 0 fully saturated rings. The van der Waals surface area contributed by atoms with Gasteiger partial charge >= 0.3 is 11.9 Å². The highest BCUT2D eigenvalue weighted by Gasteiger charge is 2.25. The van der Waals surface area contributed by atoms with Crippen LogP contribution in [-0.2, 0) is 9.47 Å². The van der Waals surface area contributed by atoms with Crippen LogP contribution in [0.3, 0.4) is 0 Å². The van der Waals surface area contributed by atoms with Crippen LogP contribution in [0, 0.1) is 0 Å². The lowest BCUT2D eigenvalue weighted by Crippen LogP contribution is -2.15. The molecule has 164 valence electrons. The number of carbonyl (C=O) groups excluding carboxylic acids is 4. The average molecular weight is 435 g/mol. The summed E-state index contributed by atoms with van der Waals surface area (Å²) in [6.45, 7) is 3.28. The van der Waals surface area contributed by atoms with Crippen LogP contribution in [0.1, 0.15) is 61.8 Å². The number of Topliss-reactive ketones (excluding diaryl/α,β-unsaturated/α-hetero) is 2. The van der Waals surface area contributed by atoms with Gasteiger partial charge in [0, 0.05) is 5.39 Å². The van der Waals surface area contributed by atoms with Crippen molar-refractivity contribution in [2.24, 2.45) is 0 Å². The number of phenols is 1. The van der Waals surface area contributed by atoms with Gasteiger partial charge in [0.25, 0.3) is 0 Å². The van der Waals surface area contributed by atoms with Crippen LogP contribution in [0.15, 0.2) is 48.5 Å². The number of esters is 2. The van der Waals surface area contributed by atoms with Gasteiger partial charge in [0.15, 0.2) is 11.6 Å². The van der Waals surface area contributed by atoms with Crippen LogP contribution in [0.2, 0.25) is 0 Å². The lowest BCUT2D eigenvalue weighted by atomic mass is 9.97. The Labute approximate surface area is 183 Å². The molecule has 0 bridgehead atoms. The molecule has 0 aliphatic rings. The monoisotopic (exact) mass is 435 g/mol. The molecule has 0 amide bonds. The van der Waals surface area contributed by atoms with Gasteiger partial charge in [-0.2, -0.15) is 0 Å². The number of benzene rings is 2. The molecule has 1 N–H and O–H groups in total.